The second-order valence-electron chi connectivity index (χ2n) is 3.17. The maximum absolute atomic E-state index is 11.2. The van der Waals surface area contributed by atoms with Gasteiger partial charge >= 0.3 is 7.82 Å². The number of aromatic hydroxyl groups is 1. The van der Waals surface area contributed by atoms with E-state index < -0.39 is 7.82 Å². The van der Waals surface area contributed by atoms with Crippen LogP contribution < -0.4 is 4.74 Å². The topological polar surface area (TPSA) is 85.2 Å². The normalized spacial score (nSPS) is 14.3. The number of phosphoric acid groups is 1. The van der Waals surface area contributed by atoms with E-state index in [9.17, 15) is 14.6 Å². The molecule has 0 aliphatic heterocycles. The third-order valence-corrected chi connectivity index (χ3v) is 2.97. The first kappa shape index (κ1) is 14.0. The van der Waals surface area contributed by atoms with Crippen LogP contribution in [0.5, 0.6) is 11.5 Å². The Labute approximate surface area is 99.4 Å². The Bertz CT molecular complexity index is 419. The molecule has 1 atom stereocenters. The molecule has 0 amide bonds. The Morgan fingerprint density at radius 3 is 2.65 bits per heavy atom. The summed E-state index contributed by atoms with van der Waals surface area (Å²) in [5.74, 6) is 0.267. The van der Waals surface area contributed by atoms with Crippen LogP contribution in [0.2, 0.25) is 0 Å². The first-order valence-corrected chi connectivity index (χ1v) is 6.46. The van der Waals surface area contributed by atoms with E-state index >= 15 is 0 Å². The van der Waals surface area contributed by atoms with E-state index in [-0.39, 0.29) is 24.7 Å². The Balaban J connectivity index is 2.67. The summed E-state index contributed by atoms with van der Waals surface area (Å²) in [5, 5.41) is 9.35. The van der Waals surface area contributed by atoms with Gasteiger partial charge < -0.3 is 14.7 Å². The molecule has 1 rings (SSSR count). The van der Waals surface area contributed by atoms with Crippen LogP contribution in [-0.2, 0) is 20.2 Å². The fourth-order valence-corrected chi connectivity index (χ4v) is 1.88. The van der Waals surface area contributed by atoms with E-state index in [0.29, 0.717) is 5.56 Å². The predicted molar refractivity (Wildman–Crippen MR) is 60.9 cm³/mol. The van der Waals surface area contributed by atoms with Crippen LogP contribution >= 0.6 is 7.82 Å². The average molecular weight is 262 g/mol. The van der Waals surface area contributed by atoms with Crippen LogP contribution in [-0.4, -0.2) is 23.7 Å². The van der Waals surface area contributed by atoms with Gasteiger partial charge in [0.05, 0.1) is 20.3 Å². The highest BCUT2D eigenvalue weighted by atomic mass is 31.2. The molecular weight excluding hydrogens is 247 g/mol. The molecule has 0 aliphatic rings. The minimum Gasteiger partial charge on any atom is -0.504 e. The predicted octanol–water partition coefficient (Wildman–Crippen LogP) is 2.05. The van der Waals surface area contributed by atoms with Gasteiger partial charge in [0.1, 0.15) is 0 Å². The van der Waals surface area contributed by atoms with E-state index in [2.05, 4.69) is 4.52 Å². The van der Waals surface area contributed by atoms with Crippen molar-refractivity contribution >= 4 is 7.82 Å². The summed E-state index contributed by atoms with van der Waals surface area (Å²) in [6.07, 6.45) is 0. The van der Waals surface area contributed by atoms with Crippen molar-refractivity contribution in [1.29, 1.82) is 0 Å². The second kappa shape index (κ2) is 6.02. The summed E-state index contributed by atoms with van der Waals surface area (Å²) < 4.78 is 25.4. The zero-order valence-electron chi connectivity index (χ0n) is 9.62. The van der Waals surface area contributed by atoms with Gasteiger partial charge in [0, 0.05) is 0 Å². The van der Waals surface area contributed by atoms with Gasteiger partial charge in [0.15, 0.2) is 11.5 Å². The lowest BCUT2D eigenvalue weighted by molar-refractivity contribution is 0.148. The molecule has 96 valence electrons. The van der Waals surface area contributed by atoms with E-state index in [1.54, 1.807) is 13.0 Å². The monoisotopic (exact) mass is 262 g/mol. The lowest BCUT2D eigenvalue weighted by Gasteiger charge is -2.11. The van der Waals surface area contributed by atoms with Crippen molar-refractivity contribution in [2.75, 3.05) is 13.7 Å². The van der Waals surface area contributed by atoms with Crippen LogP contribution in [0.4, 0.5) is 0 Å². The molecule has 0 aromatic heterocycles. The van der Waals surface area contributed by atoms with Crippen molar-refractivity contribution in [2.45, 2.75) is 13.5 Å². The zero-order valence-corrected chi connectivity index (χ0v) is 10.5. The number of phenols is 1. The maximum Gasteiger partial charge on any atom is 0.472 e. The number of phenolic OH excluding ortho intramolecular Hbond substituents is 1. The van der Waals surface area contributed by atoms with Crippen LogP contribution in [0.1, 0.15) is 12.5 Å². The molecule has 0 fully saturated rings. The highest BCUT2D eigenvalue weighted by Crippen LogP contribution is 2.44. The number of hydrogen-bond donors (Lipinski definition) is 2. The Morgan fingerprint density at radius 1 is 1.35 bits per heavy atom. The molecule has 1 aromatic rings. The molecule has 0 saturated carbocycles. The van der Waals surface area contributed by atoms with Gasteiger partial charge in [-0.2, -0.15) is 0 Å². The number of rotatable bonds is 6. The van der Waals surface area contributed by atoms with E-state index in [1.807, 2.05) is 0 Å². The summed E-state index contributed by atoms with van der Waals surface area (Å²) in [4.78, 5) is 9.19. The lowest BCUT2D eigenvalue weighted by Crippen LogP contribution is -1.96. The smallest absolute Gasteiger partial charge is 0.472 e. The zero-order chi connectivity index (χ0) is 12.9. The maximum atomic E-state index is 11.2. The van der Waals surface area contributed by atoms with Gasteiger partial charge in [-0.05, 0) is 24.6 Å². The first-order chi connectivity index (χ1) is 7.98. The number of benzene rings is 1. The molecule has 1 unspecified atom stereocenters. The van der Waals surface area contributed by atoms with Gasteiger partial charge in [-0.3, -0.25) is 9.05 Å². The Hall–Kier alpha value is -1.07. The van der Waals surface area contributed by atoms with Gasteiger partial charge in [-0.25, -0.2) is 4.57 Å². The molecule has 0 radical (unpaired) electrons. The van der Waals surface area contributed by atoms with Crippen molar-refractivity contribution in [3.8, 4) is 11.5 Å². The fraction of sp³-hybridized carbons (Fsp3) is 0.400. The molecule has 17 heavy (non-hydrogen) atoms. The van der Waals surface area contributed by atoms with Gasteiger partial charge in [-0.1, -0.05) is 6.07 Å². The molecule has 0 bridgehead atoms. The molecule has 1 aromatic carbocycles. The summed E-state index contributed by atoms with van der Waals surface area (Å²) >= 11 is 0. The Morgan fingerprint density at radius 2 is 2.06 bits per heavy atom. The van der Waals surface area contributed by atoms with Gasteiger partial charge in [0.2, 0.25) is 0 Å². The molecule has 6 nitrogen and oxygen atoms in total. The van der Waals surface area contributed by atoms with Gasteiger partial charge in [-0.15, -0.1) is 0 Å². The van der Waals surface area contributed by atoms with Crippen molar-refractivity contribution in [3.05, 3.63) is 23.8 Å². The molecule has 0 saturated heterocycles. The summed E-state index contributed by atoms with van der Waals surface area (Å²) in [5.41, 5.74) is 0.591. The third-order valence-electron chi connectivity index (χ3n) is 1.93. The van der Waals surface area contributed by atoms with Crippen LogP contribution in [0.25, 0.3) is 0 Å². The quantitative estimate of drug-likeness (QED) is 0.763. The van der Waals surface area contributed by atoms with E-state index in [1.165, 1.54) is 19.2 Å². The number of hydrogen-bond acceptors (Lipinski definition) is 5. The van der Waals surface area contributed by atoms with E-state index in [4.69, 9.17) is 9.26 Å². The molecule has 0 heterocycles. The number of methoxy groups -OCH3 is 1. The minimum absolute atomic E-state index is 0.00626. The van der Waals surface area contributed by atoms with Crippen LogP contribution in [0.3, 0.4) is 0 Å². The third kappa shape index (κ3) is 4.36. The molecule has 0 spiro atoms. The summed E-state index contributed by atoms with van der Waals surface area (Å²) in [6, 6.07) is 4.49. The SMILES string of the molecule is CCOP(=O)(O)OCc1ccc(O)c(OC)c1. The number of phosphoric ester groups is 1. The average Bonchev–Trinajstić information content (AvgIpc) is 2.28. The second-order valence-corrected chi connectivity index (χ2v) is 4.62. The molecule has 0 aliphatic carbocycles. The summed E-state index contributed by atoms with van der Waals surface area (Å²) in [6.45, 7) is 1.58. The Kier molecular flexibility index (Phi) is 4.96. The highest BCUT2D eigenvalue weighted by Gasteiger charge is 2.19. The number of ether oxygens (including phenoxy) is 1. The molecule has 2 N–H and O–H groups in total. The lowest BCUT2D eigenvalue weighted by atomic mass is 10.2. The van der Waals surface area contributed by atoms with E-state index in [0.717, 1.165) is 0 Å². The first-order valence-electron chi connectivity index (χ1n) is 4.96. The van der Waals surface area contributed by atoms with Crippen LogP contribution in [0.15, 0.2) is 18.2 Å². The van der Waals surface area contributed by atoms with Crippen molar-refractivity contribution < 1.29 is 28.3 Å². The minimum atomic E-state index is -4.00. The van der Waals surface area contributed by atoms with Crippen molar-refractivity contribution in [2.24, 2.45) is 0 Å². The highest BCUT2D eigenvalue weighted by molar-refractivity contribution is 7.47. The standard InChI is InChI=1S/C10H15O6P/c1-3-15-17(12,13)16-7-8-4-5-9(11)10(6-8)14-2/h4-6,11H,3,7H2,1-2H3,(H,12,13). The van der Waals surface area contributed by atoms with Crippen molar-refractivity contribution in [3.63, 3.8) is 0 Å². The van der Waals surface area contributed by atoms with Gasteiger partial charge in [0.25, 0.3) is 0 Å². The molecule has 7 heteroatoms. The fourth-order valence-electron chi connectivity index (χ4n) is 1.17. The largest absolute Gasteiger partial charge is 0.504 e. The van der Waals surface area contributed by atoms with Crippen LogP contribution in [0, 0.1) is 0 Å². The summed E-state index contributed by atoms with van der Waals surface area (Å²) in [7, 11) is -2.58. The molecular formula is C10H15O6P. The van der Waals surface area contributed by atoms with Crippen molar-refractivity contribution in [1.82, 2.24) is 0 Å².